The van der Waals surface area contributed by atoms with Crippen molar-refractivity contribution in [3.8, 4) is 0 Å². The first-order chi connectivity index (χ1) is 10.1. The minimum absolute atomic E-state index is 0.00186. The van der Waals surface area contributed by atoms with Gasteiger partial charge in [-0.25, -0.2) is 9.18 Å². The monoisotopic (exact) mass is 312 g/mol. The molecule has 0 fully saturated rings. The van der Waals surface area contributed by atoms with Gasteiger partial charge in [0.05, 0.1) is 11.1 Å². The number of aliphatic hydroxyl groups is 1. The highest BCUT2D eigenvalue weighted by atomic mass is 35.5. The molecule has 0 saturated heterocycles. The number of nitrogens with one attached hydrogen (secondary N) is 2. The fraction of sp³-hybridized carbons (Fsp3) is 0.400. The molecule has 21 heavy (non-hydrogen) atoms. The summed E-state index contributed by atoms with van der Waals surface area (Å²) in [6.45, 7) is 0.00939. The Balaban J connectivity index is 1.79. The molecule has 0 aromatic heterocycles. The van der Waals surface area contributed by atoms with Crippen LogP contribution in [0.3, 0.4) is 0 Å². The number of aliphatic hydroxyl groups excluding tert-OH is 1. The molecule has 114 valence electrons. The van der Waals surface area contributed by atoms with Crippen LogP contribution in [0.4, 0.5) is 9.18 Å². The highest BCUT2D eigenvalue weighted by Gasteiger charge is 2.15. The lowest BCUT2D eigenvalue weighted by atomic mass is 10.0. The maximum absolute atomic E-state index is 13.3. The first-order valence-electron chi connectivity index (χ1n) is 6.88. The van der Waals surface area contributed by atoms with E-state index in [1.165, 1.54) is 18.2 Å². The Morgan fingerprint density at radius 2 is 2.29 bits per heavy atom. The Labute approximate surface area is 128 Å². The van der Waals surface area contributed by atoms with Gasteiger partial charge < -0.3 is 15.7 Å². The average Bonchev–Trinajstić information content (AvgIpc) is 2.48. The van der Waals surface area contributed by atoms with E-state index in [0.29, 0.717) is 5.56 Å². The summed E-state index contributed by atoms with van der Waals surface area (Å²) in [7, 11) is 0. The fourth-order valence-corrected chi connectivity index (χ4v) is 2.31. The zero-order valence-electron chi connectivity index (χ0n) is 11.5. The number of urea groups is 1. The lowest BCUT2D eigenvalue weighted by Crippen LogP contribution is -2.43. The van der Waals surface area contributed by atoms with Gasteiger partial charge in [-0.15, -0.1) is 0 Å². The summed E-state index contributed by atoms with van der Waals surface area (Å²) in [5.74, 6) is -0.591. The highest BCUT2D eigenvalue weighted by Crippen LogP contribution is 2.19. The molecule has 1 aromatic rings. The van der Waals surface area contributed by atoms with Crippen LogP contribution in [0, 0.1) is 5.82 Å². The van der Waals surface area contributed by atoms with Crippen molar-refractivity contribution in [3.05, 3.63) is 46.8 Å². The van der Waals surface area contributed by atoms with Gasteiger partial charge in [0.25, 0.3) is 0 Å². The van der Waals surface area contributed by atoms with E-state index in [9.17, 15) is 14.3 Å². The summed E-state index contributed by atoms with van der Waals surface area (Å²) in [5, 5.41) is 15.4. The van der Waals surface area contributed by atoms with Gasteiger partial charge in [0, 0.05) is 12.6 Å². The van der Waals surface area contributed by atoms with Crippen LogP contribution in [0.5, 0.6) is 0 Å². The molecule has 2 atom stereocenters. The van der Waals surface area contributed by atoms with E-state index < -0.39 is 11.9 Å². The van der Waals surface area contributed by atoms with Gasteiger partial charge in [-0.1, -0.05) is 29.8 Å². The van der Waals surface area contributed by atoms with Gasteiger partial charge in [-0.3, -0.25) is 0 Å². The van der Waals surface area contributed by atoms with E-state index in [0.717, 1.165) is 19.3 Å². The summed E-state index contributed by atoms with van der Waals surface area (Å²) in [6, 6.07) is 3.87. The Morgan fingerprint density at radius 1 is 1.48 bits per heavy atom. The van der Waals surface area contributed by atoms with Crippen molar-refractivity contribution < 1.29 is 14.3 Å². The molecule has 1 aromatic carbocycles. The number of benzene rings is 1. The van der Waals surface area contributed by atoms with Gasteiger partial charge in [0.1, 0.15) is 5.82 Å². The second-order valence-electron chi connectivity index (χ2n) is 5.03. The molecule has 3 N–H and O–H groups in total. The molecule has 0 aliphatic heterocycles. The smallest absolute Gasteiger partial charge is 0.315 e. The number of hydrogen-bond donors (Lipinski definition) is 3. The molecular formula is C15H18ClFN2O2. The summed E-state index contributed by atoms with van der Waals surface area (Å²) in [5.41, 5.74) is 0.373. The van der Waals surface area contributed by atoms with Crippen molar-refractivity contribution in [1.29, 1.82) is 0 Å². The normalized spacial score (nSPS) is 19.1. The van der Waals surface area contributed by atoms with Crippen LogP contribution in [0.1, 0.15) is 30.9 Å². The molecule has 1 aliphatic carbocycles. The van der Waals surface area contributed by atoms with Crippen LogP contribution in [0.25, 0.3) is 0 Å². The molecule has 2 rings (SSSR count). The molecular weight excluding hydrogens is 295 g/mol. The van der Waals surface area contributed by atoms with Crippen molar-refractivity contribution in [3.63, 3.8) is 0 Å². The van der Waals surface area contributed by atoms with Crippen molar-refractivity contribution >= 4 is 17.6 Å². The molecule has 0 radical (unpaired) electrons. The quantitative estimate of drug-likeness (QED) is 0.749. The van der Waals surface area contributed by atoms with E-state index in [-0.39, 0.29) is 23.6 Å². The third-order valence-electron chi connectivity index (χ3n) is 3.39. The molecule has 0 unspecified atom stereocenters. The second-order valence-corrected chi connectivity index (χ2v) is 5.43. The maximum Gasteiger partial charge on any atom is 0.315 e. The summed E-state index contributed by atoms with van der Waals surface area (Å²) in [4.78, 5) is 11.7. The van der Waals surface area contributed by atoms with E-state index in [1.54, 1.807) is 0 Å². The van der Waals surface area contributed by atoms with E-state index in [4.69, 9.17) is 11.6 Å². The minimum atomic E-state index is -0.978. The Kier molecular flexibility index (Phi) is 5.59. The summed E-state index contributed by atoms with van der Waals surface area (Å²) < 4.78 is 13.3. The van der Waals surface area contributed by atoms with Crippen LogP contribution in [0.2, 0.25) is 5.02 Å². The Morgan fingerprint density at radius 3 is 2.95 bits per heavy atom. The van der Waals surface area contributed by atoms with Crippen LogP contribution in [-0.2, 0) is 0 Å². The van der Waals surface area contributed by atoms with Gasteiger partial charge in [-0.2, -0.15) is 0 Å². The molecule has 1 aliphatic rings. The van der Waals surface area contributed by atoms with Crippen LogP contribution < -0.4 is 10.6 Å². The standard InChI is InChI=1S/C15H18ClFN2O2/c16-12-7-6-10(8-13(12)17)14(20)9-18-15(21)19-11-4-2-1-3-5-11/h1-2,6-8,11,14,20H,3-5,9H2,(H2,18,19,21)/t11-,14-/m0/s1. The average molecular weight is 313 g/mol. The number of allylic oxidation sites excluding steroid dienone is 1. The first-order valence-corrected chi connectivity index (χ1v) is 7.26. The minimum Gasteiger partial charge on any atom is -0.387 e. The van der Waals surface area contributed by atoms with Crippen molar-refractivity contribution in [2.45, 2.75) is 31.4 Å². The van der Waals surface area contributed by atoms with Crippen LogP contribution in [-0.4, -0.2) is 23.7 Å². The van der Waals surface area contributed by atoms with Crippen molar-refractivity contribution in [2.24, 2.45) is 0 Å². The molecule has 0 spiro atoms. The number of carbonyl (C=O) groups excluding carboxylic acids is 1. The number of hydrogen-bond acceptors (Lipinski definition) is 2. The predicted octanol–water partition coefficient (Wildman–Crippen LogP) is 2.92. The fourth-order valence-electron chi connectivity index (χ4n) is 2.19. The van der Waals surface area contributed by atoms with Gasteiger partial charge in [0.15, 0.2) is 0 Å². The van der Waals surface area contributed by atoms with Gasteiger partial charge in [-0.05, 0) is 37.0 Å². The van der Waals surface area contributed by atoms with Crippen molar-refractivity contribution in [1.82, 2.24) is 10.6 Å². The van der Waals surface area contributed by atoms with Crippen LogP contribution in [0.15, 0.2) is 30.4 Å². The largest absolute Gasteiger partial charge is 0.387 e. The number of carbonyl (C=O) groups is 1. The number of rotatable bonds is 4. The molecule has 0 bridgehead atoms. The molecule has 0 saturated carbocycles. The number of amides is 2. The lowest BCUT2D eigenvalue weighted by Gasteiger charge is -2.20. The Hall–Kier alpha value is -1.59. The molecule has 0 heterocycles. The number of halogens is 2. The summed E-state index contributed by atoms with van der Waals surface area (Å²) in [6.07, 6.45) is 5.84. The molecule has 6 heteroatoms. The first kappa shape index (κ1) is 15.8. The predicted molar refractivity (Wildman–Crippen MR) is 79.7 cm³/mol. The molecule has 2 amide bonds. The SMILES string of the molecule is O=C(NC[C@H](O)c1ccc(Cl)c(F)c1)N[C@H]1CC=CCC1. The molecule has 4 nitrogen and oxygen atoms in total. The van der Waals surface area contributed by atoms with Gasteiger partial charge in [0.2, 0.25) is 0 Å². The van der Waals surface area contributed by atoms with Gasteiger partial charge >= 0.3 is 6.03 Å². The zero-order chi connectivity index (χ0) is 15.2. The van der Waals surface area contributed by atoms with Crippen LogP contribution >= 0.6 is 11.6 Å². The van der Waals surface area contributed by atoms with E-state index in [1.807, 2.05) is 6.08 Å². The Bertz CT molecular complexity index is 536. The second kappa shape index (κ2) is 7.43. The maximum atomic E-state index is 13.3. The zero-order valence-corrected chi connectivity index (χ0v) is 12.2. The summed E-state index contributed by atoms with van der Waals surface area (Å²) >= 11 is 5.58. The third-order valence-corrected chi connectivity index (χ3v) is 3.70. The topological polar surface area (TPSA) is 61.4 Å². The van der Waals surface area contributed by atoms with Crippen molar-refractivity contribution in [2.75, 3.05) is 6.54 Å². The van der Waals surface area contributed by atoms with E-state index >= 15 is 0 Å². The lowest BCUT2D eigenvalue weighted by molar-refractivity contribution is 0.172. The van der Waals surface area contributed by atoms with E-state index in [2.05, 4.69) is 16.7 Å². The third kappa shape index (κ3) is 4.72. The highest BCUT2D eigenvalue weighted by molar-refractivity contribution is 6.30.